The van der Waals surface area contributed by atoms with Gasteiger partial charge in [-0.1, -0.05) is 0 Å². The van der Waals surface area contributed by atoms with Crippen LogP contribution in [-0.2, 0) is 13.6 Å². The molecule has 2 aliphatic rings. The molecule has 0 radical (unpaired) electrons. The smallest absolute Gasteiger partial charge is 0.253 e. The van der Waals surface area contributed by atoms with Gasteiger partial charge in [0.25, 0.3) is 5.91 Å². The highest BCUT2D eigenvalue weighted by molar-refractivity contribution is 5.94. The Morgan fingerprint density at radius 2 is 2.17 bits per heavy atom. The van der Waals surface area contributed by atoms with E-state index < -0.39 is 0 Å². The van der Waals surface area contributed by atoms with Crippen LogP contribution in [0.5, 0.6) is 0 Å². The van der Waals surface area contributed by atoms with Gasteiger partial charge in [0.2, 0.25) is 0 Å². The second kappa shape index (κ2) is 6.13. The van der Waals surface area contributed by atoms with Gasteiger partial charge < -0.3 is 14.3 Å². The van der Waals surface area contributed by atoms with Crippen LogP contribution >= 0.6 is 0 Å². The molecule has 2 fully saturated rings. The summed E-state index contributed by atoms with van der Waals surface area (Å²) >= 11 is 0. The molecule has 1 aliphatic carbocycles. The van der Waals surface area contributed by atoms with Crippen molar-refractivity contribution >= 4 is 5.91 Å². The zero-order valence-electron chi connectivity index (χ0n) is 14.2. The summed E-state index contributed by atoms with van der Waals surface area (Å²) in [7, 11) is 1.94. The Hall–Kier alpha value is -2.01. The molecule has 0 aromatic carbocycles. The maximum atomic E-state index is 12.4. The number of likely N-dealkylation sites (tertiary alicyclic amines) is 1. The fourth-order valence-corrected chi connectivity index (χ4v) is 4.20. The van der Waals surface area contributed by atoms with Crippen LogP contribution < -0.4 is 5.32 Å². The molecule has 1 atom stereocenters. The number of nitrogens with one attached hydrogen (secondary N) is 1. The molecular formula is C19H25N3O2. The zero-order chi connectivity index (χ0) is 16.6. The average molecular weight is 327 g/mol. The van der Waals surface area contributed by atoms with Crippen LogP contribution in [0.2, 0.25) is 0 Å². The molecule has 1 saturated carbocycles. The molecule has 5 nitrogen and oxygen atoms in total. The third-order valence-electron chi connectivity index (χ3n) is 5.91. The van der Waals surface area contributed by atoms with Gasteiger partial charge in [-0.3, -0.25) is 9.69 Å². The lowest BCUT2D eigenvalue weighted by molar-refractivity contribution is -0.00713. The molecule has 4 rings (SSSR count). The summed E-state index contributed by atoms with van der Waals surface area (Å²) in [5, 5.41) is 3.28. The van der Waals surface area contributed by atoms with Gasteiger partial charge in [-0.25, -0.2) is 0 Å². The van der Waals surface area contributed by atoms with Gasteiger partial charge >= 0.3 is 0 Å². The lowest BCUT2D eigenvalue weighted by Crippen LogP contribution is -2.59. The molecule has 2 aromatic heterocycles. The number of carbonyl (C=O) groups excluding carboxylic acids is 1. The van der Waals surface area contributed by atoms with Crippen LogP contribution in [0.1, 0.15) is 41.6 Å². The van der Waals surface area contributed by atoms with Gasteiger partial charge in [-0.05, 0) is 56.3 Å². The van der Waals surface area contributed by atoms with Crippen molar-refractivity contribution in [2.45, 2.75) is 38.3 Å². The fraction of sp³-hybridized carbons (Fsp3) is 0.526. The molecule has 24 heavy (non-hydrogen) atoms. The number of nitrogens with zero attached hydrogens (tertiary/aromatic N) is 2. The zero-order valence-corrected chi connectivity index (χ0v) is 14.2. The Morgan fingerprint density at radius 1 is 1.33 bits per heavy atom. The highest BCUT2D eigenvalue weighted by atomic mass is 16.3. The van der Waals surface area contributed by atoms with Gasteiger partial charge in [0.05, 0.1) is 18.1 Å². The minimum Gasteiger partial charge on any atom is -0.472 e. The number of amides is 1. The standard InChI is InChI=1S/C19H25N3O2/c1-21-8-3-16(13-21)18(23)20-17-2-5-19(17)6-9-22(10-7-19)12-15-4-11-24-14-15/h3-4,8,11,13-14,17H,2,5-7,9-10,12H2,1H3,(H,20,23)/t17-/m0/s1. The number of aromatic nitrogens is 1. The molecular weight excluding hydrogens is 302 g/mol. The molecule has 0 bridgehead atoms. The molecule has 3 heterocycles. The van der Waals surface area contributed by atoms with Gasteiger partial charge in [-0.15, -0.1) is 0 Å². The number of carbonyl (C=O) groups is 1. The van der Waals surface area contributed by atoms with Crippen LogP contribution in [0.15, 0.2) is 41.5 Å². The van der Waals surface area contributed by atoms with Crippen molar-refractivity contribution in [3.05, 3.63) is 48.2 Å². The highest BCUT2D eigenvalue weighted by Gasteiger charge is 2.48. The number of rotatable bonds is 4. The van der Waals surface area contributed by atoms with E-state index >= 15 is 0 Å². The Labute approximate surface area is 142 Å². The first-order chi connectivity index (χ1) is 11.6. The van der Waals surface area contributed by atoms with Crippen molar-refractivity contribution in [3.8, 4) is 0 Å². The molecule has 0 unspecified atom stereocenters. The lowest BCUT2D eigenvalue weighted by Gasteiger charge is -2.54. The quantitative estimate of drug-likeness (QED) is 0.939. The number of piperidine rings is 1. The third-order valence-corrected chi connectivity index (χ3v) is 5.91. The SMILES string of the molecule is Cn1ccc(C(=O)N[C@H]2CCC23CCN(Cc2ccoc2)CC3)c1. The molecule has 5 heteroatoms. The summed E-state index contributed by atoms with van der Waals surface area (Å²) in [6.07, 6.45) is 12.1. The van der Waals surface area contributed by atoms with Gasteiger partial charge in [0.1, 0.15) is 0 Å². The largest absolute Gasteiger partial charge is 0.472 e. The topological polar surface area (TPSA) is 50.4 Å². The Morgan fingerprint density at radius 3 is 2.75 bits per heavy atom. The first-order valence-electron chi connectivity index (χ1n) is 8.81. The first kappa shape index (κ1) is 15.5. The number of hydrogen-bond acceptors (Lipinski definition) is 3. The second-order valence-corrected chi connectivity index (χ2v) is 7.40. The summed E-state index contributed by atoms with van der Waals surface area (Å²) in [4.78, 5) is 14.9. The second-order valence-electron chi connectivity index (χ2n) is 7.40. The molecule has 1 aliphatic heterocycles. The van der Waals surface area contributed by atoms with E-state index in [-0.39, 0.29) is 5.91 Å². The Kier molecular flexibility index (Phi) is 3.96. The van der Waals surface area contributed by atoms with Gasteiger partial charge in [0, 0.05) is 37.6 Å². The van der Waals surface area contributed by atoms with Crippen molar-refractivity contribution in [1.82, 2.24) is 14.8 Å². The van der Waals surface area contributed by atoms with Crippen LogP contribution in [-0.4, -0.2) is 34.5 Å². The van der Waals surface area contributed by atoms with Gasteiger partial charge in [-0.2, -0.15) is 0 Å². The predicted molar refractivity (Wildman–Crippen MR) is 91.6 cm³/mol. The first-order valence-corrected chi connectivity index (χ1v) is 8.81. The van der Waals surface area contributed by atoms with Gasteiger partial charge in [0.15, 0.2) is 0 Å². The van der Waals surface area contributed by atoms with Crippen molar-refractivity contribution in [2.75, 3.05) is 13.1 Å². The highest BCUT2D eigenvalue weighted by Crippen LogP contribution is 2.49. The Balaban J connectivity index is 1.32. The minimum absolute atomic E-state index is 0.0699. The van der Waals surface area contributed by atoms with Crippen LogP contribution in [0, 0.1) is 5.41 Å². The fourth-order valence-electron chi connectivity index (χ4n) is 4.20. The molecule has 128 valence electrons. The average Bonchev–Trinajstić information content (AvgIpc) is 3.24. The van der Waals surface area contributed by atoms with Crippen LogP contribution in [0.3, 0.4) is 0 Å². The van der Waals surface area contributed by atoms with E-state index in [1.807, 2.05) is 42.4 Å². The number of furan rings is 1. The predicted octanol–water partition coefficient (Wildman–Crippen LogP) is 2.79. The van der Waals surface area contributed by atoms with Crippen LogP contribution in [0.4, 0.5) is 0 Å². The maximum Gasteiger partial charge on any atom is 0.253 e. The molecule has 1 amide bonds. The minimum atomic E-state index is 0.0699. The Bertz CT molecular complexity index is 696. The van der Waals surface area contributed by atoms with Crippen molar-refractivity contribution in [3.63, 3.8) is 0 Å². The number of aryl methyl sites for hydroxylation is 1. The normalized spacial score (nSPS) is 23.1. The monoisotopic (exact) mass is 327 g/mol. The van der Waals surface area contributed by atoms with Crippen molar-refractivity contribution < 1.29 is 9.21 Å². The molecule has 2 aromatic rings. The van der Waals surface area contributed by atoms with E-state index in [2.05, 4.69) is 10.2 Å². The van der Waals surface area contributed by atoms with E-state index in [4.69, 9.17) is 4.42 Å². The lowest BCUT2D eigenvalue weighted by atomic mass is 9.59. The number of hydrogen-bond donors (Lipinski definition) is 1. The molecule has 1 N–H and O–H groups in total. The third kappa shape index (κ3) is 2.88. The van der Waals surface area contributed by atoms with E-state index in [0.717, 1.165) is 31.6 Å². The summed E-state index contributed by atoms with van der Waals surface area (Å²) in [5.74, 6) is 0.0699. The van der Waals surface area contributed by atoms with Crippen molar-refractivity contribution in [1.29, 1.82) is 0 Å². The van der Waals surface area contributed by atoms with Crippen LogP contribution in [0.25, 0.3) is 0 Å². The van der Waals surface area contributed by atoms with Crippen molar-refractivity contribution in [2.24, 2.45) is 12.5 Å². The van der Waals surface area contributed by atoms with E-state index in [1.165, 1.54) is 24.8 Å². The summed E-state index contributed by atoms with van der Waals surface area (Å²) < 4.78 is 7.07. The summed E-state index contributed by atoms with van der Waals surface area (Å²) in [6, 6.07) is 4.26. The summed E-state index contributed by atoms with van der Waals surface area (Å²) in [6.45, 7) is 3.17. The van der Waals surface area contributed by atoms with E-state index in [0.29, 0.717) is 11.5 Å². The van der Waals surface area contributed by atoms with E-state index in [1.54, 1.807) is 6.26 Å². The maximum absolute atomic E-state index is 12.4. The molecule has 1 saturated heterocycles. The van der Waals surface area contributed by atoms with E-state index in [9.17, 15) is 4.79 Å². The summed E-state index contributed by atoms with van der Waals surface area (Å²) in [5.41, 5.74) is 2.32. The molecule has 1 spiro atoms.